The zero-order valence-electron chi connectivity index (χ0n) is 12.8. The highest BCUT2D eigenvalue weighted by molar-refractivity contribution is 6.31. The highest BCUT2D eigenvalue weighted by Crippen LogP contribution is 2.22. The SMILES string of the molecule is Cc1cc(O[C@@H](C)C(=O)Nc2ccc(C(N)=O)cc2)ccc1Cl. The number of amides is 2. The second-order valence-corrected chi connectivity index (χ2v) is 5.51. The first-order chi connectivity index (χ1) is 10.9. The molecule has 0 fully saturated rings. The van der Waals surface area contributed by atoms with Crippen LogP contribution >= 0.6 is 11.6 Å². The molecule has 6 heteroatoms. The third-order valence-corrected chi connectivity index (χ3v) is 3.67. The van der Waals surface area contributed by atoms with Crippen molar-refractivity contribution in [3.8, 4) is 5.75 Å². The van der Waals surface area contributed by atoms with Gasteiger partial charge in [0.2, 0.25) is 5.91 Å². The molecule has 0 heterocycles. The van der Waals surface area contributed by atoms with Crippen molar-refractivity contribution in [3.05, 3.63) is 58.6 Å². The topological polar surface area (TPSA) is 81.4 Å². The average molecular weight is 333 g/mol. The van der Waals surface area contributed by atoms with Crippen LogP contribution in [0.25, 0.3) is 0 Å². The number of anilines is 1. The molecule has 0 unspecified atom stereocenters. The summed E-state index contributed by atoms with van der Waals surface area (Å²) in [6.45, 7) is 3.51. The van der Waals surface area contributed by atoms with Crippen molar-refractivity contribution in [1.29, 1.82) is 0 Å². The normalized spacial score (nSPS) is 11.6. The first-order valence-corrected chi connectivity index (χ1v) is 7.38. The Kier molecular flexibility index (Phi) is 5.24. The molecule has 3 N–H and O–H groups in total. The molecule has 2 rings (SSSR count). The van der Waals surface area contributed by atoms with E-state index in [1.807, 2.05) is 6.92 Å². The van der Waals surface area contributed by atoms with Crippen LogP contribution in [-0.4, -0.2) is 17.9 Å². The van der Waals surface area contributed by atoms with Crippen molar-refractivity contribution in [2.75, 3.05) is 5.32 Å². The van der Waals surface area contributed by atoms with Crippen LogP contribution in [0, 0.1) is 6.92 Å². The third-order valence-electron chi connectivity index (χ3n) is 3.25. The molecule has 2 amide bonds. The van der Waals surface area contributed by atoms with Crippen LogP contribution in [0.1, 0.15) is 22.8 Å². The molecule has 5 nitrogen and oxygen atoms in total. The summed E-state index contributed by atoms with van der Waals surface area (Å²) in [5.74, 6) is -0.249. The minimum Gasteiger partial charge on any atom is -0.481 e. The summed E-state index contributed by atoms with van der Waals surface area (Å²) in [4.78, 5) is 23.1. The van der Waals surface area contributed by atoms with E-state index in [1.165, 1.54) is 0 Å². The summed E-state index contributed by atoms with van der Waals surface area (Å²) >= 11 is 5.95. The summed E-state index contributed by atoms with van der Waals surface area (Å²) in [6, 6.07) is 11.5. The second-order valence-electron chi connectivity index (χ2n) is 5.10. The van der Waals surface area contributed by atoms with Crippen molar-refractivity contribution >= 4 is 29.1 Å². The molecule has 0 saturated carbocycles. The third kappa shape index (κ3) is 4.47. The molecule has 23 heavy (non-hydrogen) atoms. The van der Waals surface area contributed by atoms with Gasteiger partial charge in [0.05, 0.1) is 0 Å². The number of hydrogen-bond donors (Lipinski definition) is 2. The lowest BCUT2D eigenvalue weighted by Crippen LogP contribution is -2.30. The maximum Gasteiger partial charge on any atom is 0.265 e. The van der Waals surface area contributed by atoms with Gasteiger partial charge in [0, 0.05) is 16.3 Å². The van der Waals surface area contributed by atoms with Gasteiger partial charge in [-0.15, -0.1) is 0 Å². The van der Waals surface area contributed by atoms with Crippen molar-refractivity contribution < 1.29 is 14.3 Å². The van der Waals surface area contributed by atoms with Crippen LogP contribution in [0.15, 0.2) is 42.5 Å². The highest BCUT2D eigenvalue weighted by Gasteiger charge is 2.15. The quantitative estimate of drug-likeness (QED) is 0.882. The van der Waals surface area contributed by atoms with Crippen LogP contribution in [0.4, 0.5) is 5.69 Å². The van der Waals surface area contributed by atoms with Crippen LogP contribution < -0.4 is 15.8 Å². The Morgan fingerprint density at radius 3 is 2.39 bits per heavy atom. The molecule has 0 spiro atoms. The molecular formula is C17H17ClN2O3. The van der Waals surface area contributed by atoms with E-state index in [0.29, 0.717) is 22.0 Å². The smallest absolute Gasteiger partial charge is 0.265 e. The van der Waals surface area contributed by atoms with E-state index in [4.69, 9.17) is 22.1 Å². The number of nitrogens with two attached hydrogens (primary N) is 1. The molecule has 1 atom stereocenters. The lowest BCUT2D eigenvalue weighted by molar-refractivity contribution is -0.122. The minimum atomic E-state index is -0.689. The number of nitrogens with one attached hydrogen (secondary N) is 1. The number of primary amides is 1. The van der Waals surface area contributed by atoms with Gasteiger partial charge in [0.25, 0.3) is 5.91 Å². The number of carbonyl (C=O) groups excluding carboxylic acids is 2. The van der Waals surface area contributed by atoms with Gasteiger partial charge in [0.15, 0.2) is 6.10 Å². The molecule has 120 valence electrons. The zero-order valence-corrected chi connectivity index (χ0v) is 13.6. The van der Waals surface area contributed by atoms with Gasteiger partial charge in [-0.3, -0.25) is 9.59 Å². The maximum absolute atomic E-state index is 12.1. The fourth-order valence-electron chi connectivity index (χ4n) is 1.91. The molecule has 2 aromatic rings. The number of carbonyl (C=O) groups is 2. The second kappa shape index (κ2) is 7.15. The van der Waals surface area contributed by atoms with Crippen molar-refractivity contribution in [2.45, 2.75) is 20.0 Å². The zero-order chi connectivity index (χ0) is 17.0. The van der Waals surface area contributed by atoms with E-state index in [1.54, 1.807) is 49.4 Å². The summed E-state index contributed by atoms with van der Waals surface area (Å²) < 4.78 is 5.60. The first kappa shape index (κ1) is 16.8. The van der Waals surface area contributed by atoms with E-state index >= 15 is 0 Å². The molecular weight excluding hydrogens is 316 g/mol. The highest BCUT2D eigenvalue weighted by atomic mass is 35.5. The number of hydrogen-bond acceptors (Lipinski definition) is 3. The number of benzene rings is 2. The molecule has 0 aliphatic heterocycles. The van der Waals surface area contributed by atoms with Gasteiger partial charge in [0.1, 0.15) is 5.75 Å². The Morgan fingerprint density at radius 1 is 1.17 bits per heavy atom. The molecule has 2 aromatic carbocycles. The van der Waals surface area contributed by atoms with Crippen molar-refractivity contribution in [2.24, 2.45) is 5.73 Å². The molecule has 0 saturated heterocycles. The number of ether oxygens (including phenoxy) is 1. The lowest BCUT2D eigenvalue weighted by atomic mass is 10.2. The predicted octanol–water partition coefficient (Wildman–Crippen LogP) is 3.15. The van der Waals surface area contributed by atoms with Crippen molar-refractivity contribution in [1.82, 2.24) is 0 Å². The minimum absolute atomic E-state index is 0.301. The van der Waals surface area contributed by atoms with E-state index in [0.717, 1.165) is 5.56 Å². The Hall–Kier alpha value is -2.53. The lowest BCUT2D eigenvalue weighted by Gasteiger charge is -2.15. The van der Waals surface area contributed by atoms with E-state index in [9.17, 15) is 9.59 Å². The molecule has 0 aromatic heterocycles. The molecule has 0 bridgehead atoms. The van der Waals surface area contributed by atoms with Gasteiger partial charge in [-0.2, -0.15) is 0 Å². The van der Waals surface area contributed by atoms with Crippen LogP contribution in [0.3, 0.4) is 0 Å². The molecule has 0 aliphatic carbocycles. The van der Waals surface area contributed by atoms with Gasteiger partial charge in [-0.05, 0) is 61.9 Å². The summed E-state index contributed by atoms with van der Waals surface area (Å²) in [5.41, 5.74) is 6.98. The monoisotopic (exact) mass is 332 g/mol. The summed E-state index contributed by atoms with van der Waals surface area (Å²) in [6.07, 6.45) is -0.689. The standard InChI is InChI=1S/C17H17ClN2O3/c1-10-9-14(7-8-15(10)18)23-11(2)17(22)20-13-5-3-12(4-6-13)16(19)21/h3-9,11H,1-2H3,(H2,19,21)(H,20,22)/t11-/m0/s1. The number of halogens is 1. The number of rotatable bonds is 5. The fourth-order valence-corrected chi connectivity index (χ4v) is 2.03. The maximum atomic E-state index is 12.1. The van der Waals surface area contributed by atoms with E-state index in [-0.39, 0.29) is 5.91 Å². The number of aryl methyl sites for hydroxylation is 1. The molecule has 0 aliphatic rings. The molecule has 0 radical (unpaired) electrons. The predicted molar refractivity (Wildman–Crippen MR) is 89.9 cm³/mol. The van der Waals surface area contributed by atoms with E-state index in [2.05, 4.69) is 5.32 Å². The van der Waals surface area contributed by atoms with Gasteiger partial charge in [-0.25, -0.2) is 0 Å². The van der Waals surface area contributed by atoms with E-state index < -0.39 is 12.0 Å². The van der Waals surface area contributed by atoms with Crippen LogP contribution in [-0.2, 0) is 4.79 Å². The Morgan fingerprint density at radius 2 is 1.83 bits per heavy atom. The Bertz CT molecular complexity index is 729. The first-order valence-electron chi connectivity index (χ1n) is 7.00. The summed E-state index contributed by atoms with van der Waals surface area (Å²) in [7, 11) is 0. The van der Waals surface area contributed by atoms with Gasteiger partial charge >= 0.3 is 0 Å². The van der Waals surface area contributed by atoms with Gasteiger partial charge in [-0.1, -0.05) is 11.6 Å². The average Bonchev–Trinajstić information content (AvgIpc) is 2.51. The fraction of sp³-hybridized carbons (Fsp3) is 0.176. The van der Waals surface area contributed by atoms with Crippen molar-refractivity contribution in [3.63, 3.8) is 0 Å². The Balaban J connectivity index is 1.99. The van der Waals surface area contributed by atoms with Gasteiger partial charge < -0.3 is 15.8 Å². The largest absolute Gasteiger partial charge is 0.481 e. The summed E-state index contributed by atoms with van der Waals surface area (Å²) in [5, 5.41) is 3.35. The van der Waals surface area contributed by atoms with Crippen LogP contribution in [0.5, 0.6) is 5.75 Å². The van der Waals surface area contributed by atoms with Crippen LogP contribution in [0.2, 0.25) is 5.02 Å². The Labute approximate surface area is 139 Å².